The first-order chi connectivity index (χ1) is 7.75. The van der Waals surface area contributed by atoms with Crippen LogP contribution in [-0.2, 0) is 0 Å². The quantitative estimate of drug-likeness (QED) is 0.645. The predicted octanol–water partition coefficient (Wildman–Crippen LogP) is 3.01. The number of piperidine rings is 1. The van der Waals surface area contributed by atoms with Gasteiger partial charge in [-0.2, -0.15) is 0 Å². The van der Waals surface area contributed by atoms with Gasteiger partial charge in [-0.3, -0.25) is 0 Å². The Bertz CT molecular complexity index is 351. The van der Waals surface area contributed by atoms with Crippen LogP contribution in [0.2, 0.25) is 5.02 Å². The molecule has 0 amide bonds. The van der Waals surface area contributed by atoms with Gasteiger partial charge in [-0.25, -0.2) is 0 Å². The van der Waals surface area contributed by atoms with E-state index >= 15 is 0 Å². The molecule has 0 radical (unpaired) electrons. The summed E-state index contributed by atoms with van der Waals surface area (Å²) in [7, 11) is 0. The molecule has 0 spiro atoms. The van der Waals surface area contributed by atoms with Crippen molar-refractivity contribution in [2.45, 2.75) is 17.7 Å². The zero-order chi connectivity index (χ0) is 11.4. The normalized spacial score (nSPS) is 20.9. The van der Waals surface area contributed by atoms with Gasteiger partial charge in [0.25, 0.3) is 0 Å². The zero-order valence-corrected chi connectivity index (χ0v) is 10.8. The van der Waals surface area contributed by atoms with Gasteiger partial charge in [-0.1, -0.05) is 11.6 Å². The van der Waals surface area contributed by atoms with Crippen molar-refractivity contribution in [2.75, 3.05) is 24.6 Å². The van der Waals surface area contributed by atoms with Crippen molar-refractivity contribution in [2.24, 2.45) is 5.92 Å². The molecule has 0 saturated carbocycles. The van der Waals surface area contributed by atoms with E-state index in [-0.39, 0.29) is 0 Å². The Morgan fingerprint density at radius 2 is 2.38 bits per heavy atom. The van der Waals surface area contributed by atoms with E-state index in [1.807, 2.05) is 30.0 Å². The monoisotopic (exact) mass is 256 g/mol. The Balaban J connectivity index is 1.90. The number of hydrogen-bond acceptors (Lipinski definition) is 3. The van der Waals surface area contributed by atoms with Gasteiger partial charge < -0.3 is 11.1 Å². The van der Waals surface area contributed by atoms with Crippen LogP contribution in [0.1, 0.15) is 12.8 Å². The molecule has 0 aromatic heterocycles. The Labute approximate surface area is 106 Å². The molecule has 2 rings (SSSR count). The molecule has 88 valence electrons. The minimum absolute atomic E-state index is 0.760. The third-order valence-corrected chi connectivity index (χ3v) is 4.56. The number of benzene rings is 1. The molecule has 16 heavy (non-hydrogen) atoms. The molecule has 3 N–H and O–H groups in total. The number of hydrogen-bond donors (Lipinski definition) is 2. The molecule has 0 bridgehead atoms. The average Bonchev–Trinajstić information content (AvgIpc) is 2.32. The summed E-state index contributed by atoms with van der Waals surface area (Å²) in [6.07, 6.45) is 2.61. The lowest BCUT2D eigenvalue weighted by atomic mass is 10.0. The summed E-state index contributed by atoms with van der Waals surface area (Å²) in [5.74, 6) is 1.88. The lowest BCUT2D eigenvalue weighted by Gasteiger charge is -2.22. The van der Waals surface area contributed by atoms with Gasteiger partial charge in [0.2, 0.25) is 0 Å². The highest BCUT2D eigenvalue weighted by Crippen LogP contribution is 2.31. The number of rotatable bonds is 3. The van der Waals surface area contributed by atoms with E-state index in [4.69, 9.17) is 17.3 Å². The molecule has 1 aromatic carbocycles. The third-order valence-electron chi connectivity index (χ3n) is 2.83. The summed E-state index contributed by atoms with van der Waals surface area (Å²) < 4.78 is 0. The van der Waals surface area contributed by atoms with E-state index in [1.165, 1.54) is 19.4 Å². The number of halogens is 1. The number of nitrogens with one attached hydrogen (secondary N) is 1. The number of nitrogens with two attached hydrogens (primary N) is 1. The molecule has 1 heterocycles. The highest BCUT2D eigenvalue weighted by atomic mass is 35.5. The van der Waals surface area contributed by atoms with Crippen LogP contribution in [0.5, 0.6) is 0 Å². The second-order valence-corrected chi connectivity index (χ2v) is 5.68. The molecule has 1 unspecified atom stereocenters. The Morgan fingerprint density at radius 3 is 3.12 bits per heavy atom. The second kappa shape index (κ2) is 5.80. The standard InChI is InChI=1S/C12H17ClN2S/c13-11-4-3-10(14)6-12(11)16-8-9-2-1-5-15-7-9/h3-4,6,9,15H,1-2,5,7-8,14H2. The first kappa shape index (κ1) is 12.1. The van der Waals surface area contributed by atoms with Crippen molar-refractivity contribution < 1.29 is 0 Å². The van der Waals surface area contributed by atoms with E-state index < -0.39 is 0 Å². The van der Waals surface area contributed by atoms with Crippen LogP contribution in [-0.4, -0.2) is 18.8 Å². The molecule has 1 fully saturated rings. The Morgan fingerprint density at radius 1 is 1.50 bits per heavy atom. The van der Waals surface area contributed by atoms with Gasteiger partial charge in [0, 0.05) is 16.3 Å². The lowest BCUT2D eigenvalue weighted by molar-refractivity contribution is 0.410. The molecular weight excluding hydrogens is 240 g/mol. The molecule has 1 aromatic rings. The van der Waals surface area contributed by atoms with Gasteiger partial charge in [-0.05, 0) is 50.0 Å². The number of anilines is 1. The zero-order valence-electron chi connectivity index (χ0n) is 9.21. The molecule has 1 saturated heterocycles. The summed E-state index contributed by atoms with van der Waals surface area (Å²) in [5, 5.41) is 4.23. The maximum atomic E-state index is 6.12. The van der Waals surface area contributed by atoms with Crippen molar-refractivity contribution in [3.8, 4) is 0 Å². The Kier molecular flexibility index (Phi) is 4.38. The summed E-state index contributed by atoms with van der Waals surface area (Å²) in [6.45, 7) is 2.30. The largest absolute Gasteiger partial charge is 0.399 e. The van der Waals surface area contributed by atoms with Crippen molar-refractivity contribution in [3.05, 3.63) is 23.2 Å². The number of nitrogen functional groups attached to an aromatic ring is 1. The first-order valence-electron chi connectivity index (χ1n) is 5.64. The predicted molar refractivity (Wildman–Crippen MR) is 72.2 cm³/mol. The molecule has 0 aliphatic carbocycles. The van der Waals surface area contributed by atoms with Gasteiger partial charge >= 0.3 is 0 Å². The van der Waals surface area contributed by atoms with Crippen LogP contribution < -0.4 is 11.1 Å². The average molecular weight is 257 g/mol. The lowest BCUT2D eigenvalue weighted by Crippen LogP contribution is -2.30. The highest BCUT2D eigenvalue weighted by molar-refractivity contribution is 7.99. The van der Waals surface area contributed by atoms with E-state index in [0.717, 1.165) is 33.8 Å². The van der Waals surface area contributed by atoms with E-state index in [9.17, 15) is 0 Å². The van der Waals surface area contributed by atoms with Gasteiger partial charge in [-0.15, -0.1) is 11.8 Å². The van der Waals surface area contributed by atoms with Crippen LogP contribution in [0.15, 0.2) is 23.1 Å². The highest BCUT2D eigenvalue weighted by Gasteiger charge is 2.13. The van der Waals surface area contributed by atoms with Crippen LogP contribution in [0, 0.1) is 5.92 Å². The smallest absolute Gasteiger partial charge is 0.0543 e. The molecule has 1 aliphatic rings. The maximum absolute atomic E-state index is 6.12. The number of thioether (sulfide) groups is 1. The molecule has 1 atom stereocenters. The van der Waals surface area contributed by atoms with Crippen LogP contribution in [0.4, 0.5) is 5.69 Å². The summed E-state index contributed by atoms with van der Waals surface area (Å²) in [5.41, 5.74) is 6.54. The molecule has 4 heteroatoms. The molecular formula is C12H17ClN2S. The van der Waals surface area contributed by atoms with E-state index in [1.54, 1.807) is 0 Å². The SMILES string of the molecule is Nc1ccc(Cl)c(SCC2CCCNC2)c1. The van der Waals surface area contributed by atoms with E-state index in [2.05, 4.69) is 5.32 Å². The van der Waals surface area contributed by atoms with Crippen LogP contribution >= 0.6 is 23.4 Å². The van der Waals surface area contributed by atoms with E-state index in [0.29, 0.717) is 0 Å². The maximum Gasteiger partial charge on any atom is 0.0543 e. The van der Waals surface area contributed by atoms with Gasteiger partial charge in [0.15, 0.2) is 0 Å². The Hall–Kier alpha value is -0.380. The summed E-state index contributed by atoms with van der Waals surface area (Å²) in [6, 6.07) is 5.68. The third kappa shape index (κ3) is 3.30. The first-order valence-corrected chi connectivity index (χ1v) is 7.00. The second-order valence-electron chi connectivity index (χ2n) is 4.21. The van der Waals surface area contributed by atoms with Crippen molar-refractivity contribution in [3.63, 3.8) is 0 Å². The van der Waals surface area contributed by atoms with Crippen molar-refractivity contribution >= 4 is 29.1 Å². The fourth-order valence-electron chi connectivity index (χ4n) is 1.90. The summed E-state index contributed by atoms with van der Waals surface area (Å²) >= 11 is 7.94. The minimum atomic E-state index is 0.760. The van der Waals surface area contributed by atoms with Crippen molar-refractivity contribution in [1.82, 2.24) is 5.32 Å². The topological polar surface area (TPSA) is 38.0 Å². The molecule has 2 nitrogen and oxygen atoms in total. The minimum Gasteiger partial charge on any atom is -0.399 e. The fraction of sp³-hybridized carbons (Fsp3) is 0.500. The van der Waals surface area contributed by atoms with Crippen LogP contribution in [0.3, 0.4) is 0 Å². The van der Waals surface area contributed by atoms with Gasteiger partial charge in [0.1, 0.15) is 0 Å². The van der Waals surface area contributed by atoms with Gasteiger partial charge in [0.05, 0.1) is 5.02 Å². The fourth-order valence-corrected chi connectivity index (χ4v) is 3.31. The summed E-state index contributed by atoms with van der Waals surface area (Å²) in [4.78, 5) is 1.10. The molecule has 1 aliphatic heterocycles. The van der Waals surface area contributed by atoms with Crippen LogP contribution in [0.25, 0.3) is 0 Å². The van der Waals surface area contributed by atoms with Crippen molar-refractivity contribution in [1.29, 1.82) is 0 Å².